The van der Waals surface area contributed by atoms with Gasteiger partial charge in [0.1, 0.15) is 10.9 Å². The summed E-state index contributed by atoms with van der Waals surface area (Å²) < 4.78 is 7.00. The Kier molecular flexibility index (Phi) is 5.51. The van der Waals surface area contributed by atoms with Gasteiger partial charge in [0.2, 0.25) is 0 Å². The first-order valence-electron chi connectivity index (χ1n) is 8.62. The third-order valence-electron chi connectivity index (χ3n) is 4.41. The predicted octanol–water partition coefficient (Wildman–Crippen LogP) is 4.42. The van der Waals surface area contributed by atoms with Gasteiger partial charge < -0.3 is 9.64 Å². The van der Waals surface area contributed by atoms with Crippen molar-refractivity contribution in [3.63, 3.8) is 0 Å². The molecule has 2 aromatic carbocycles. The van der Waals surface area contributed by atoms with Gasteiger partial charge in [0.25, 0.3) is 5.91 Å². The van der Waals surface area contributed by atoms with Crippen molar-refractivity contribution in [2.24, 2.45) is 0 Å². The van der Waals surface area contributed by atoms with Gasteiger partial charge in [-0.3, -0.25) is 4.79 Å². The number of hydrogen-bond acceptors (Lipinski definition) is 3. The van der Waals surface area contributed by atoms with Crippen LogP contribution in [0.4, 0.5) is 0 Å². The molecule has 1 aromatic heterocycles. The molecule has 0 radical (unpaired) electrons. The van der Waals surface area contributed by atoms with E-state index in [0.717, 1.165) is 22.6 Å². The molecule has 0 atom stereocenters. The number of aryl methyl sites for hydroxylation is 2. The van der Waals surface area contributed by atoms with Crippen molar-refractivity contribution in [3.8, 4) is 11.4 Å². The first-order chi connectivity index (χ1) is 12.9. The van der Waals surface area contributed by atoms with E-state index in [1.165, 1.54) is 0 Å². The highest BCUT2D eigenvalue weighted by molar-refractivity contribution is 6.33. The van der Waals surface area contributed by atoms with Crippen molar-refractivity contribution in [1.82, 2.24) is 14.7 Å². The maximum atomic E-state index is 13.1. The average molecular weight is 384 g/mol. The summed E-state index contributed by atoms with van der Waals surface area (Å²) in [6.07, 6.45) is 0. The van der Waals surface area contributed by atoms with Crippen LogP contribution in [0.1, 0.15) is 27.2 Å². The van der Waals surface area contributed by atoms with Crippen molar-refractivity contribution < 1.29 is 9.53 Å². The molecule has 0 fully saturated rings. The summed E-state index contributed by atoms with van der Waals surface area (Å²) in [5.74, 6) is 0.575. The van der Waals surface area contributed by atoms with Gasteiger partial charge in [0, 0.05) is 19.2 Å². The van der Waals surface area contributed by atoms with Crippen LogP contribution < -0.4 is 4.74 Å². The number of ether oxygens (including phenoxy) is 1. The third-order valence-corrected chi connectivity index (χ3v) is 4.76. The summed E-state index contributed by atoms with van der Waals surface area (Å²) in [5, 5.41) is 4.76. The Balaban J connectivity index is 1.90. The number of aromatic nitrogens is 2. The number of amides is 1. The Hall–Kier alpha value is -2.79. The molecular weight excluding hydrogens is 362 g/mol. The molecule has 0 N–H and O–H groups in total. The highest BCUT2D eigenvalue weighted by Crippen LogP contribution is 2.26. The molecule has 3 rings (SSSR count). The van der Waals surface area contributed by atoms with Crippen LogP contribution in [0.25, 0.3) is 5.69 Å². The van der Waals surface area contributed by atoms with E-state index >= 15 is 0 Å². The highest BCUT2D eigenvalue weighted by atomic mass is 35.5. The van der Waals surface area contributed by atoms with Crippen LogP contribution in [-0.4, -0.2) is 34.7 Å². The fourth-order valence-electron chi connectivity index (χ4n) is 3.03. The minimum absolute atomic E-state index is 0.178. The number of nitrogens with zero attached hydrogens (tertiary/aromatic N) is 3. The zero-order valence-electron chi connectivity index (χ0n) is 15.9. The van der Waals surface area contributed by atoms with Crippen LogP contribution in [0.15, 0.2) is 48.5 Å². The zero-order valence-corrected chi connectivity index (χ0v) is 16.6. The molecule has 0 bridgehead atoms. The normalized spacial score (nSPS) is 10.7. The molecular formula is C21H22ClN3O2. The molecule has 1 heterocycles. The van der Waals surface area contributed by atoms with E-state index in [4.69, 9.17) is 16.3 Å². The summed E-state index contributed by atoms with van der Waals surface area (Å²) in [7, 11) is 3.38. The summed E-state index contributed by atoms with van der Waals surface area (Å²) in [6, 6.07) is 15.4. The maximum absolute atomic E-state index is 13.1. The van der Waals surface area contributed by atoms with E-state index in [1.807, 2.05) is 55.5 Å². The number of methoxy groups -OCH3 is 1. The number of rotatable bonds is 5. The van der Waals surface area contributed by atoms with Gasteiger partial charge in [-0.15, -0.1) is 0 Å². The van der Waals surface area contributed by atoms with Crippen LogP contribution >= 0.6 is 11.6 Å². The smallest absolute Gasteiger partial charge is 0.258 e. The molecule has 6 heteroatoms. The molecule has 0 saturated heterocycles. The van der Waals surface area contributed by atoms with E-state index in [0.29, 0.717) is 23.0 Å². The highest BCUT2D eigenvalue weighted by Gasteiger charge is 2.24. The minimum Gasteiger partial charge on any atom is -0.496 e. The number of para-hydroxylation sites is 1. The minimum atomic E-state index is -0.178. The second-order valence-corrected chi connectivity index (χ2v) is 6.83. The first-order valence-corrected chi connectivity index (χ1v) is 8.99. The van der Waals surface area contributed by atoms with Crippen LogP contribution in [-0.2, 0) is 6.54 Å². The predicted molar refractivity (Wildman–Crippen MR) is 107 cm³/mol. The molecule has 0 unspecified atom stereocenters. The van der Waals surface area contributed by atoms with Gasteiger partial charge in [-0.1, -0.05) is 47.5 Å². The molecule has 140 valence electrons. The zero-order chi connectivity index (χ0) is 19.6. The average Bonchev–Trinajstić information content (AvgIpc) is 2.96. The maximum Gasteiger partial charge on any atom is 0.258 e. The Morgan fingerprint density at radius 1 is 1.19 bits per heavy atom. The van der Waals surface area contributed by atoms with Crippen molar-refractivity contribution in [2.45, 2.75) is 20.4 Å². The number of hydrogen-bond donors (Lipinski definition) is 0. The van der Waals surface area contributed by atoms with E-state index in [1.54, 1.807) is 30.7 Å². The Morgan fingerprint density at radius 2 is 1.89 bits per heavy atom. The molecule has 3 aromatic rings. The van der Waals surface area contributed by atoms with Crippen molar-refractivity contribution in [3.05, 3.63) is 76.1 Å². The quantitative estimate of drug-likeness (QED) is 0.655. The lowest BCUT2D eigenvalue weighted by atomic mass is 10.1. The SMILES string of the molecule is COc1ccc(C)cc1CN(C)C(=O)c1c(C)nn(-c2ccccc2)c1Cl. The lowest BCUT2D eigenvalue weighted by Gasteiger charge is -2.19. The van der Waals surface area contributed by atoms with E-state index in [9.17, 15) is 4.79 Å². The molecule has 0 aliphatic rings. The van der Waals surface area contributed by atoms with E-state index < -0.39 is 0 Å². The largest absolute Gasteiger partial charge is 0.496 e. The first kappa shape index (κ1) is 19.0. The molecule has 0 aliphatic carbocycles. The lowest BCUT2D eigenvalue weighted by molar-refractivity contribution is 0.0783. The fraction of sp³-hybridized carbons (Fsp3) is 0.238. The van der Waals surface area contributed by atoms with E-state index in [-0.39, 0.29) is 5.91 Å². The fourth-order valence-corrected chi connectivity index (χ4v) is 3.38. The number of carbonyl (C=O) groups excluding carboxylic acids is 1. The van der Waals surface area contributed by atoms with Crippen molar-refractivity contribution >= 4 is 17.5 Å². The molecule has 27 heavy (non-hydrogen) atoms. The monoisotopic (exact) mass is 383 g/mol. The van der Waals surface area contributed by atoms with Crippen LogP contribution in [0.3, 0.4) is 0 Å². The van der Waals surface area contributed by atoms with Crippen molar-refractivity contribution in [2.75, 3.05) is 14.2 Å². The summed E-state index contributed by atoms with van der Waals surface area (Å²) in [4.78, 5) is 14.7. The molecule has 0 spiro atoms. The van der Waals surface area contributed by atoms with Gasteiger partial charge in [-0.05, 0) is 32.0 Å². The summed E-state index contributed by atoms with van der Waals surface area (Å²) in [6.45, 7) is 4.21. The number of benzene rings is 2. The van der Waals surface area contributed by atoms with Crippen LogP contribution in [0.5, 0.6) is 5.75 Å². The summed E-state index contributed by atoms with van der Waals surface area (Å²) >= 11 is 6.52. The van der Waals surface area contributed by atoms with Crippen molar-refractivity contribution in [1.29, 1.82) is 0 Å². The van der Waals surface area contributed by atoms with Gasteiger partial charge >= 0.3 is 0 Å². The second kappa shape index (κ2) is 7.84. The topological polar surface area (TPSA) is 47.4 Å². The van der Waals surface area contributed by atoms with Gasteiger partial charge in [-0.2, -0.15) is 5.10 Å². The van der Waals surface area contributed by atoms with Gasteiger partial charge in [0.05, 0.1) is 24.1 Å². The van der Waals surface area contributed by atoms with Crippen LogP contribution in [0, 0.1) is 13.8 Å². The molecule has 0 aliphatic heterocycles. The Labute approximate surface area is 164 Å². The lowest BCUT2D eigenvalue weighted by Crippen LogP contribution is -2.27. The Morgan fingerprint density at radius 3 is 2.56 bits per heavy atom. The van der Waals surface area contributed by atoms with Crippen LogP contribution in [0.2, 0.25) is 5.15 Å². The number of carbonyl (C=O) groups is 1. The molecule has 5 nitrogen and oxygen atoms in total. The third kappa shape index (κ3) is 3.83. The molecule has 0 saturated carbocycles. The van der Waals surface area contributed by atoms with Gasteiger partial charge in [0.15, 0.2) is 0 Å². The molecule has 1 amide bonds. The summed E-state index contributed by atoms with van der Waals surface area (Å²) in [5.41, 5.74) is 3.87. The number of halogens is 1. The standard InChI is InChI=1S/C21H22ClN3O2/c1-14-10-11-18(27-4)16(12-14)13-24(3)21(26)19-15(2)23-25(20(19)22)17-8-6-5-7-9-17/h5-12H,13H2,1-4H3. The van der Waals surface area contributed by atoms with E-state index in [2.05, 4.69) is 5.10 Å². The second-order valence-electron chi connectivity index (χ2n) is 6.48. The van der Waals surface area contributed by atoms with Gasteiger partial charge in [-0.25, -0.2) is 4.68 Å². The Bertz CT molecular complexity index is 967.